The van der Waals surface area contributed by atoms with Gasteiger partial charge in [-0.25, -0.2) is 14.6 Å². The summed E-state index contributed by atoms with van der Waals surface area (Å²) in [4.78, 5) is 8.75. The molecule has 0 saturated heterocycles. The van der Waals surface area contributed by atoms with E-state index >= 15 is 0 Å². The zero-order valence-electron chi connectivity index (χ0n) is 12.2. The van der Waals surface area contributed by atoms with Crippen LogP contribution in [0.15, 0.2) is 6.07 Å². The molecule has 0 bridgehead atoms. The lowest BCUT2D eigenvalue weighted by molar-refractivity contribution is 0.729. The maximum absolute atomic E-state index is 5.90. The molecule has 0 saturated carbocycles. The fraction of sp³-hybridized carbons (Fsp3) is 0.500. The van der Waals surface area contributed by atoms with Gasteiger partial charge in [-0.1, -0.05) is 0 Å². The zero-order chi connectivity index (χ0) is 14.2. The summed E-state index contributed by atoms with van der Waals surface area (Å²) in [7, 11) is 0. The first-order chi connectivity index (χ1) is 8.88. The third-order valence-electron chi connectivity index (χ3n) is 3.14. The van der Waals surface area contributed by atoms with Crippen LogP contribution in [0.4, 0.5) is 0 Å². The van der Waals surface area contributed by atoms with E-state index < -0.39 is 0 Å². The van der Waals surface area contributed by atoms with Crippen molar-refractivity contribution in [2.24, 2.45) is 5.73 Å². The van der Waals surface area contributed by atoms with Crippen molar-refractivity contribution in [2.75, 3.05) is 0 Å². The maximum Gasteiger partial charge on any atom is 0.157 e. The fourth-order valence-electron chi connectivity index (χ4n) is 2.32. The first-order valence-corrected chi connectivity index (χ1v) is 6.52. The first-order valence-electron chi connectivity index (χ1n) is 6.52. The van der Waals surface area contributed by atoms with Gasteiger partial charge in [0.15, 0.2) is 5.82 Å². The molecule has 0 amide bonds. The van der Waals surface area contributed by atoms with E-state index in [1.165, 1.54) is 5.56 Å². The standard InChI is InChI=1S/C14H21N5/c1-8(15)6-13-10(3)18-19(11(13)4)14-7-9(2)16-12(5)17-14/h7-8H,6,15H2,1-5H3. The quantitative estimate of drug-likeness (QED) is 0.912. The van der Waals surface area contributed by atoms with E-state index in [1.807, 2.05) is 38.4 Å². The van der Waals surface area contributed by atoms with E-state index in [9.17, 15) is 0 Å². The molecule has 102 valence electrons. The van der Waals surface area contributed by atoms with Gasteiger partial charge in [-0.15, -0.1) is 0 Å². The van der Waals surface area contributed by atoms with Gasteiger partial charge in [0.05, 0.1) is 5.69 Å². The molecular weight excluding hydrogens is 238 g/mol. The minimum Gasteiger partial charge on any atom is -0.328 e. The Morgan fingerprint density at radius 3 is 2.47 bits per heavy atom. The third-order valence-corrected chi connectivity index (χ3v) is 3.14. The molecule has 0 aliphatic heterocycles. The van der Waals surface area contributed by atoms with Crippen LogP contribution in [0, 0.1) is 27.7 Å². The Morgan fingerprint density at radius 2 is 1.89 bits per heavy atom. The molecule has 0 fully saturated rings. The van der Waals surface area contributed by atoms with Crippen LogP contribution in [0.5, 0.6) is 0 Å². The van der Waals surface area contributed by atoms with Gasteiger partial charge in [-0.05, 0) is 46.6 Å². The topological polar surface area (TPSA) is 69.6 Å². The van der Waals surface area contributed by atoms with Crippen molar-refractivity contribution < 1.29 is 0 Å². The van der Waals surface area contributed by atoms with Crippen LogP contribution in [0.3, 0.4) is 0 Å². The van der Waals surface area contributed by atoms with Crippen molar-refractivity contribution in [3.63, 3.8) is 0 Å². The summed E-state index contributed by atoms with van der Waals surface area (Å²) in [6.45, 7) is 9.94. The normalized spacial score (nSPS) is 12.7. The molecule has 1 unspecified atom stereocenters. The number of aromatic nitrogens is 4. The molecule has 5 heteroatoms. The molecule has 2 N–H and O–H groups in total. The predicted molar refractivity (Wildman–Crippen MR) is 75.5 cm³/mol. The van der Waals surface area contributed by atoms with Gasteiger partial charge in [0.1, 0.15) is 5.82 Å². The summed E-state index contributed by atoms with van der Waals surface area (Å²) in [5, 5.41) is 4.59. The van der Waals surface area contributed by atoms with Crippen molar-refractivity contribution in [3.05, 3.63) is 34.5 Å². The van der Waals surface area contributed by atoms with Crippen LogP contribution < -0.4 is 5.73 Å². The van der Waals surface area contributed by atoms with Crippen molar-refractivity contribution >= 4 is 0 Å². The van der Waals surface area contributed by atoms with Gasteiger partial charge < -0.3 is 5.73 Å². The molecule has 2 heterocycles. The highest BCUT2D eigenvalue weighted by Crippen LogP contribution is 2.18. The van der Waals surface area contributed by atoms with Crippen LogP contribution in [0.25, 0.3) is 5.82 Å². The molecule has 0 radical (unpaired) electrons. The SMILES string of the molecule is Cc1cc(-n2nc(C)c(CC(C)N)c2C)nc(C)n1. The molecule has 2 aromatic rings. The van der Waals surface area contributed by atoms with Gasteiger partial charge in [0.2, 0.25) is 0 Å². The van der Waals surface area contributed by atoms with Gasteiger partial charge in [0, 0.05) is 23.5 Å². The van der Waals surface area contributed by atoms with Gasteiger partial charge in [-0.2, -0.15) is 5.10 Å². The Morgan fingerprint density at radius 1 is 1.21 bits per heavy atom. The Bertz CT molecular complexity index is 578. The average Bonchev–Trinajstić information content (AvgIpc) is 2.55. The highest BCUT2D eigenvalue weighted by atomic mass is 15.3. The molecule has 2 aromatic heterocycles. The molecule has 19 heavy (non-hydrogen) atoms. The van der Waals surface area contributed by atoms with E-state index in [0.29, 0.717) is 0 Å². The second-order valence-corrected chi connectivity index (χ2v) is 5.16. The number of hydrogen-bond acceptors (Lipinski definition) is 4. The number of nitrogens with two attached hydrogens (primary N) is 1. The molecule has 0 spiro atoms. The lowest BCUT2D eigenvalue weighted by Crippen LogP contribution is -2.18. The second kappa shape index (κ2) is 5.09. The lowest BCUT2D eigenvalue weighted by Gasteiger charge is -2.07. The van der Waals surface area contributed by atoms with Gasteiger partial charge in [0.25, 0.3) is 0 Å². The summed E-state index contributed by atoms with van der Waals surface area (Å²) in [6, 6.07) is 2.08. The number of rotatable bonds is 3. The number of hydrogen-bond donors (Lipinski definition) is 1. The monoisotopic (exact) mass is 259 g/mol. The van der Waals surface area contributed by atoms with Crippen molar-refractivity contribution in [1.29, 1.82) is 0 Å². The van der Waals surface area contributed by atoms with Crippen LogP contribution in [-0.4, -0.2) is 25.8 Å². The minimum absolute atomic E-state index is 0.129. The van der Waals surface area contributed by atoms with E-state index in [2.05, 4.69) is 22.0 Å². The van der Waals surface area contributed by atoms with Gasteiger partial charge >= 0.3 is 0 Å². The highest BCUT2D eigenvalue weighted by Gasteiger charge is 2.15. The van der Waals surface area contributed by atoms with Gasteiger partial charge in [-0.3, -0.25) is 0 Å². The van der Waals surface area contributed by atoms with Crippen molar-refractivity contribution in [2.45, 2.75) is 47.1 Å². The molecule has 2 rings (SSSR count). The van der Waals surface area contributed by atoms with E-state index in [-0.39, 0.29) is 6.04 Å². The molecule has 0 aromatic carbocycles. The van der Waals surface area contributed by atoms with Crippen LogP contribution in [0.2, 0.25) is 0 Å². The fourth-order valence-corrected chi connectivity index (χ4v) is 2.32. The summed E-state index contributed by atoms with van der Waals surface area (Å²) in [5.41, 5.74) is 10.2. The van der Waals surface area contributed by atoms with E-state index in [4.69, 9.17) is 5.73 Å². The highest BCUT2D eigenvalue weighted by molar-refractivity contribution is 5.33. The molecule has 0 aliphatic carbocycles. The van der Waals surface area contributed by atoms with E-state index in [0.717, 1.165) is 35.1 Å². The maximum atomic E-state index is 5.90. The zero-order valence-corrected chi connectivity index (χ0v) is 12.2. The summed E-state index contributed by atoms with van der Waals surface area (Å²) < 4.78 is 1.88. The second-order valence-electron chi connectivity index (χ2n) is 5.16. The first kappa shape index (κ1) is 13.7. The Kier molecular flexibility index (Phi) is 3.66. The smallest absolute Gasteiger partial charge is 0.157 e. The largest absolute Gasteiger partial charge is 0.328 e. The molecule has 0 aliphatic rings. The Balaban J connectivity index is 2.51. The predicted octanol–water partition coefficient (Wildman–Crippen LogP) is 1.79. The average molecular weight is 259 g/mol. The summed E-state index contributed by atoms with van der Waals surface area (Å²) >= 11 is 0. The van der Waals surface area contributed by atoms with Crippen LogP contribution in [-0.2, 0) is 6.42 Å². The minimum atomic E-state index is 0.129. The van der Waals surface area contributed by atoms with Crippen molar-refractivity contribution in [1.82, 2.24) is 19.7 Å². The van der Waals surface area contributed by atoms with Crippen LogP contribution >= 0.6 is 0 Å². The Labute approximate surface area is 113 Å². The lowest BCUT2D eigenvalue weighted by atomic mass is 10.1. The Hall–Kier alpha value is -1.75. The molecular formula is C14H21N5. The van der Waals surface area contributed by atoms with Crippen LogP contribution in [0.1, 0.15) is 35.4 Å². The number of nitrogens with zero attached hydrogens (tertiary/aromatic N) is 4. The van der Waals surface area contributed by atoms with Crippen molar-refractivity contribution in [3.8, 4) is 5.82 Å². The van der Waals surface area contributed by atoms with E-state index in [1.54, 1.807) is 0 Å². The number of aryl methyl sites for hydroxylation is 3. The summed E-state index contributed by atoms with van der Waals surface area (Å²) in [6.07, 6.45) is 0.834. The summed E-state index contributed by atoms with van der Waals surface area (Å²) in [5.74, 6) is 1.58. The molecule has 5 nitrogen and oxygen atoms in total. The third kappa shape index (κ3) is 2.81. The molecule has 1 atom stereocenters.